The van der Waals surface area contributed by atoms with Crippen LogP contribution in [0.5, 0.6) is 0 Å². The SMILES string of the molecule is O=C(O)C1CCC(C(=O)N2CC3CCC(C2)O3)O1. The van der Waals surface area contributed by atoms with Crippen molar-refractivity contribution < 1.29 is 24.2 Å². The van der Waals surface area contributed by atoms with E-state index in [2.05, 4.69) is 0 Å². The van der Waals surface area contributed by atoms with Crippen molar-refractivity contribution in [3.8, 4) is 0 Å². The van der Waals surface area contributed by atoms with Crippen LogP contribution in [0.4, 0.5) is 0 Å². The Kier molecular flexibility index (Phi) is 2.99. The molecule has 4 unspecified atom stereocenters. The molecule has 1 amide bonds. The van der Waals surface area contributed by atoms with E-state index in [1.165, 1.54) is 0 Å². The molecular formula is C12H17NO5. The number of nitrogens with zero attached hydrogens (tertiary/aromatic N) is 1. The number of ether oxygens (including phenoxy) is 2. The number of carbonyl (C=O) groups excluding carboxylic acids is 1. The van der Waals surface area contributed by atoms with Crippen LogP contribution < -0.4 is 0 Å². The molecule has 0 spiro atoms. The van der Waals surface area contributed by atoms with Gasteiger partial charge in [0.05, 0.1) is 12.2 Å². The number of hydrogen-bond acceptors (Lipinski definition) is 4. The van der Waals surface area contributed by atoms with E-state index in [4.69, 9.17) is 14.6 Å². The van der Waals surface area contributed by atoms with Crippen LogP contribution in [0.3, 0.4) is 0 Å². The molecule has 2 bridgehead atoms. The van der Waals surface area contributed by atoms with Crippen molar-refractivity contribution in [2.75, 3.05) is 13.1 Å². The first-order valence-electron chi connectivity index (χ1n) is 6.46. The number of carboxylic acids is 1. The van der Waals surface area contributed by atoms with Crippen molar-refractivity contribution in [3.63, 3.8) is 0 Å². The van der Waals surface area contributed by atoms with Crippen LogP contribution in [0.25, 0.3) is 0 Å². The Morgan fingerprint density at radius 2 is 1.56 bits per heavy atom. The molecule has 3 aliphatic heterocycles. The second-order valence-corrected chi connectivity index (χ2v) is 5.23. The number of carboxylic acid groups (broad SMARTS) is 1. The van der Waals surface area contributed by atoms with Gasteiger partial charge in [0.2, 0.25) is 0 Å². The Balaban J connectivity index is 1.60. The molecule has 1 N–H and O–H groups in total. The van der Waals surface area contributed by atoms with Crippen molar-refractivity contribution in [2.45, 2.75) is 50.1 Å². The highest BCUT2D eigenvalue weighted by Crippen LogP contribution is 2.28. The zero-order valence-electron chi connectivity index (χ0n) is 10.1. The first-order valence-corrected chi connectivity index (χ1v) is 6.46. The predicted molar refractivity (Wildman–Crippen MR) is 60.0 cm³/mol. The van der Waals surface area contributed by atoms with Crippen LogP contribution in [-0.2, 0) is 19.1 Å². The Morgan fingerprint density at radius 1 is 0.944 bits per heavy atom. The van der Waals surface area contributed by atoms with Crippen LogP contribution in [-0.4, -0.2) is 59.4 Å². The number of aliphatic carboxylic acids is 1. The molecule has 3 fully saturated rings. The highest BCUT2D eigenvalue weighted by atomic mass is 16.5. The van der Waals surface area contributed by atoms with Gasteiger partial charge in [-0.05, 0) is 25.7 Å². The molecule has 100 valence electrons. The smallest absolute Gasteiger partial charge is 0.332 e. The summed E-state index contributed by atoms with van der Waals surface area (Å²) in [5, 5.41) is 8.85. The van der Waals surface area contributed by atoms with Crippen LogP contribution in [0.2, 0.25) is 0 Å². The van der Waals surface area contributed by atoms with Gasteiger partial charge in [0.25, 0.3) is 5.91 Å². The molecular weight excluding hydrogens is 238 g/mol. The van der Waals surface area contributed by atoms with E-state index in [9.17, 15) is 9.59 Å². The highest BCUT2D eigenvalue weighted by molar-refractivity contribution is 5.83. The summed E-state index contributed by atoms with van der Waals surface area (Å²) in [6, 6.07) is 0. The van der Waals surface area contributed by atoms with Gasteiger partial charge in [-0.15, -0.1) is 0 Å². The number of rotatable bonds is 2. The quantitative estimate of drug-likeness (QED) is 0.752. The maximum Gasteiger partial charge on any atom is 0.332 e. The third kappa shape index (κ3) is 2.10. The Morgan fingerprint density at radius 3 is 2.11 bits per heavy atom. The van der Waals surface area contributed by atoms with Crippen molar-refractivity contribution in [2.24, 2.45) is 0 Å². The summed E-state index contributed by atoms with van der Waals surface area (Å²) < 4.78 is 11.0. The van der Waals surface area contributed by atoms with Gasteiger partial charge in [-0.2, -0.15) is 0 Å². The molecule has 3 rings (SSSR count). The minimum absolute atomic E-state index is 0.0704. The fraction of sp³-hybridized carbons (Fsp3) is 0.833. The number of amides is 1. The Labute approximate surface area is 105 Å². The minimum Gasteiger partial charge on any atom is -0.479 e. The second-order valence-electron chi connectivity index (χ2n) is 5.23. The summed E-state index contributed by atoms with van der Waals surface area (Å²) in [6.45, 7) is 1.24. The summed E-state index contributed by atoms with van der Waals surface area (Å²) in [5.74, 6) is -1.05. The Bertz CT molecular complexity index is 359. The molecule has 0 aromatic rings. The molecule has 3 saturated heterocycles. The van der Waals surface area contributed by atoms with E-state index in [1.807, 2.05) is 0 Å². The molecule has 0 aromatic heterocycles. The fourth-order valence-corrected chi connectivity index (χ4v) is 3.00. The van der Waals surface area contributed by atoms with Gasteiger partial charge in [-0.25, -0.2) is 4.79 Å². The van der Waals surface area contributed by atoms with E-state index in [1.54, 1.807) is 4.90 Å². The number of hydrogen-bond donors (Lipinski definition) is 1. The molecule has 6 heteroatoms. The van der Waals surface area contributed by atoms with E-state index >= 15 is 0 Å². The topological polar surface area (TPSA) is 76.1 Å². The summed E-state index contributed by atoms with van der Waals surface area (Å²) in [7, 11) is 0. The van der Waals surface area contributed by atoms with Gasteiger partial charge in [0.1, 0.15) is 6.10 Å². The number of likely N-dealkylation sites (tertiary alicyclic amines) is 1. The normalized spacial score (nSPS) is 39.0. The summed E-state index contributed by atoms with van der Waals surface area (Å²) in [6.07, 6.45) is 1.86. The van der Waals surface area contributed by atoms with Gasteiger partial charge in [0, 0.05) is 13.1 Å². The fourth-order valence-electron chi connectivity index (χ4n) is 3.00. The standard InChI is InChI=1S/C12H17NO5/c14-11(9-3-4-10(18-9)12(15)16)13-5-7-1-2-8(6-13)17-7/h7-10H,1-6H2,(H,15,16). The monoisotopic (exact) mass is 255 g/mol. The lowest BCUT2D eigenvalue weighted by Gasteiger charge is -2.33. The zero-order chi connectivity index (χ0) is 12.7. The van der Waals surface area contributed by atoms with Crippen molar-refractivity contribution in [1.29, 1.82) is 0 Å². The number of carbonyl (C=O) groups is 2. The predicted octanol–water partition coefficient (Wildman–Crippen LogP) is 0.00840. The number of morpholine rings is 1. The van der Waals surface area contributed by atoms with Gasteiger partial charge in [-0.1, -0.05) is 0 Å². The summed E-state index contributed by atoms with van der Waals surface area (Å²) >= 11 is 0. The van der Waals surface area contributed by atoms with Crippen LogP contribution >= 0.6 is 0 Å². The van der Waals surface area contributed by atoms with E-state index in [0.29, 0.717) is 25.9 Å². The molecule has 6 nitrogen and oxygen atoms in total. The van der Waals surface area contributed by atoms with Crippen LogP contribution in [0.1, 0.15) is 25.7 Å². The molecule has 0 aliphatic carbocycles. The highest BCUT2D eigenvalue weighted by Gasteiger charge is 2.41. The van der Waals surface area contributed by atoms with E-state index < -0.39 is 18.2 Å². The molecule has 18 heavy (non-hydrogen) atoms. The zero-order valence-corrected chi connectivity index (χ0v) is 10.1. The number of fused-ring (bicyclic) bond motifs is 2. The first-order chi connectivity index (χ1) is 8.63. The van der Waals surface area contributed by atoms with Gasteiger partial charge < -0.3 is 19.5 Å². The third-order valence-corrected chi connectivity index (χ3v) is 3.93. The lowest BCUT2D eigenvalue weighted by molar-refractivity contribution is -0.158. The molecule has 0 saturated carbocycles. The van der Waals surface area contributed by atoms with Crippen LogP contribution in [0.15, 0.2) is 0 Å². The average molecular weight is 255 g/mol. The lowest BCUT2D eigenvalue weighted by Crippen LogP contribution is -2.49. The summed E-state index contributed by atoms with van der Waals surface area (Å²) in [5.41, 5.74) is 0. The van der Waals surface area contributed by atoms with Gasteiger partial charge in [-0.3, -0.25) is 4.79 Å². The third-order valence-electron chi connectivity index (χ3n) is 3.93. The largest absolute Gasteiger partial charge is 0.479 e. The van der Waals surface area contributed by atoms with Crippen molar-refractivity contribution >= 4 is 11.9 Å². The molecule has 3 aliphatic rings. The average Bonchev–Trinajstić information content (AvgIpc) is 2.95. The van der Waals surface area contributed by atoms with E-state index in [-0.39, 0.29) is 18.1 Å². The van der Waals surface area contributed by atoms with Crippen molar-refractivity contribution in [1.82, 2.24) is 4.90 Å². The lowest BCUT2D eigenvalue weighted by atomic mass is 10.1. The second kappa shape index (κ2) is 4.51. The maximum atomic E-state index is 12.2. The molecule has 3 heterocycles. The molecule has 0 radical (unpaired) electrons. The molecule has 4 atom stereocenters. The van der Waals surface area contributed by atoms with Crippen molar-refractivity contribution in [3.05, 3.63) is 0 Å². The van der Waals surface area contributed by atoms with E-state index in [0.717, 1.165) is 12.8 Å². The summed E-state index contributed by atoms with van der Waals surface area (Å²) in [4.78, 5) is 24.8. The van der Waals surface area contributed by atoms with Gasteiger partial charge in [0.15, 0.2) is 6.10 Å². The van der Waals surface area contributed by atoms with Crippen LogP contribution in [0, 0.1) is 0 Å². The molecule has 0 aromatic carbocycles. The first kappa shape index (κ1) is 11.9. The Hall–Kier alpha value is -1.14. The minimum atomic E-state index is -0.979. The maximum absolute atomic E-state index is 12.2. The van der Waals surface area contributed by atoms with Gasteiger partial charge >= 0.3 is 5.97 Å².